The summed E-state index contributed by atoms with van der Waals surface area (Å²) in [5.41, 5.74) is 2.84. The Hall–Kier alpha value is -4.11. The van der Waals surface area contributed by atoms with Crippen LogP contribution in [-0.2, 0) is 14.8 Å². The summed E-state index contributed by atoms with van der Waals surface area (Å²) in [6.45, 7) is 1.13. The second-order valence-corrected chi connectivity index (χ2v) is 9.94. The van der Waals surface area contributed by atoms with Crippen LogP contribution in [0.1, 0.15) is 0 Å². The highest BCUT2D eigenvalue weighted by atomic mass is 32.2. The number of thiazole rings is 1. The van der Waals surface area contributed by atoms with E-state index in [1.165, 1.54) is 11.3 Å². The molecule has 3 heterocycles. The van der Waals surface area contributed by atoms with Gasteiger partial charge < -0.3 is 19.3 Å². The van der Waals surface area contributed by atoms with E-state index in [0.717, 1.165) is 17.1 Å². The number of halogens is 3. The minimum Gasteiger partial charge on any atom is -0.489 e. The lowest BCUT2D eigenvalue weighted by Gasteiger charge is -2.31. The molecule has 0 fully saturated rings. The predicted molar refractivity (Wildman–Crippen MR) is 129 cm³/mol. The number of nitrogens with one attached hydrogen (secondary N) is 1. The van der Waals surface area contributed by atoms with Gasteiger partial charge in [-0.15, -0.1) is 11.3 Å². The number of aromatic nitrogens is 3. The van der Waals surface area contributed by atoms with Gasteiger partial charge in [0.1, 0.15) is 12.4 Å². The van der Waals surface area contributed by atoms with E-state index in [-0.39, 0.29) is 4.90 Å². The number of imidazole rings is 1. The fraction of sp³-hybridized carbons (Fsp3) is 0.136. The Morgan fingerprint density at radius 2 is 1.81 bits per heavy atom. The highest BCUT2D eigenvalue weighted by molar-refractivity contribution is 7.93. The number of hydrogen-bond acceptors (Lipinski definition) is 8. The van der Waals surface area contributed by atoms with Crippen molar-refractivity contribution in [1.82, 2.24) is 14.5 Å². The summed E-state index contributed by atoms with van der Waals surface area (Å²) in [7, 11) is -3.74. The number of benzene rings is 2. The maximum Gasteiger partial charge on any atom is 0.490 e. The monoisotopic (exact) mass is 553 g/mol. The van der Waals surface area contributed by atoms with Crippen LogP contribution in [0.4, 0.5) is 29.7 Å². The number of fused-ring (bicyclic) bond motifs is 1. The number of carbonyl (C=O) groups is 1. The maximum absolute atomic E-state index is 12.7. The molecule has 15 heteroatoms. The highest BCUT2D eigenvalue weighted by Gasteiger charge is 2.38. The summed E-state index contributed by atoms with van der Waals surface area (Å²) >= 11 is 1.22. The summed E-state index contributed by atoms with van der Waals surface area (Å²) in [6, 6.07) is 13.0. The number of rotatable bonds is 5. The van der Waals surface area contributed by atoms with Gasteiger partial charge in [0.25, 0.3) is 10.0 Å². The average Bonchev–Trinajstić information content (AvgIpc) is 3.58. The van der Waals surface area contributed by atoms with Crippen LogP contribution in [0.2, 0.25) is 0 Å². The lowest BCUT2D eigenvalue weighted by atomic mass is 10.2. The SMILES string of the molecule is O=C(O)C(F)(F)F.O=S(=O)(Nc1nccs1)c1ccc2c(c1)OCCN2c1ccc(-n2ccnc2)cc1. The zero-order valence-electron chi connectivity index (χ0n) is 18.7. The molecule has 0 radical (unpaired) electrons. The summed E-state index contributed by atoms with van der Waals surface area (Å²) in [5.74, 6) is -2.23. The van der Waals surface area contributed by atoms with Crippen LogP contribution >= 0.6 is 11.3 Å². The molecule has 2 aromatic heterocycles. The minimum atomic E-state index is -5.08. The van der Waals surface area contributed by atoms with Crippen molar-refractivity contribution >= 4 is 43.8 Å². The van der Waals surface area contributed by atoms with Crippen LogP contribution in [0, 0.1) is 0 Å². The smallest absolute Gasteiger partial charge is 0.489 e. The molecule has 0 spiro atoms. The highest BCUT2D eigenvalue weighted by Crippen LogP contribution is 2.38. The molecule has 2 aromatic carbocycles. The normalized spacial score (nSPS) is 13.1. The van der Waals surface area contributed by atoms with E-state index in [9.17, 15) is 21.6 Å². The van der Waals surface area contributed by atoms with Gasteiger partial charge in [-0.3, -0.25) is 4.72 Å². The van der Waals surface area contributed by atoms with E-state index in [0.29, 0.717) is 24.0 Å². The van der Waals surface area contributed by atoms with Crippen LogP contribution in [0.25, 0.3) is 5.69 Å². The van der Waals surface area contributed by atoms with Crippen LogP contribution in [0.3, 0.4) is 0 Å². The fourth-order valence-corrected chi connectivity index (χ4v) is 5.10. The molecule has 37 heavy (non-hydrogen) atoms. The van der Waals surface area contributed by atoms with Crippen molar-refractivity contribution in [3.8, 4) is 11.4 Å². The summed E-state index contributed by atoms with van der Waals surface area (Å²) in [6.07, 6.45) is 1.84. The zero-order valence-corrected chi connectivity index (χ0v) is 20.3. The lowest BCUT2D eigenvalue weighted by Crippen LogP contribution is -2.28. The number of alkyl halides is 3. The van der Waals surface area contributed by atoms with Crippen molar-refractivity contribution in [3.63, 3.8) is 0 Å². The quantitative estimate of drug-likeness (QED) is 0.375. The molecule has 0 amide bonds. The molecular formula is C22H18F3N5O5S2. The van der Waals surface area contributed by atoms with E-state index in [2.05, 4.69) is 19.6 Å². The molecule has 0 aliphatic carbocycles. The number of sulfonamides is 1. The molecule has 0 atom stereocenters. The van der Waals surface area contributed by atoms with Gasteiger partial charge in [0.15, 0.2) is 5.13 Å². The van der Waals surface area contributed by atoms with E-state index in [1.54, 1.807) is 42.3 Å². The molecule has 0 unspecified atom stereocenters. The van der Waals surface area contributed by atoms with E-state index < -0.39 is 22.2 Å². The number of carboxylic acids is 1. The molecule has 1 aliphatic rings. The fourth-order valence-electron chi connectivity index (χ4n) is 3.30. The Kier molecular flexibility index (Phi) is 7.35. The zero-order chi connectivity index (χ0) is 26.6. The largest absolute Gasteiger partial charge is 0.490 e. The van der Waals surface area contributed by atoms with Crippen molar-refractivity contribution < 1.29 is 36.2 Å². The van der Waals surface area contributed by atoms with Crippen LogP contribution < -0.4 is 14.4 Å². The van der Waals surface area contributed by atoms with E-state index >= 15 is 0 Å². The van der Waals surface area contributed by atoms with Gasteiger partial charge in [-0.1, -0.05) is 0 Å². The number of hydrogen-bond donors (Lipinski definition) is 2. The number of anilines is 3. The van der Waals surface area contributed by atoms with Crippen LogP contribution in [0.15, 0.2) is 77.7 Å². The number of carboxylic acid groups (broad SMARTS) is 1. The first-order chi connectivity index (χ1) is 17.5. The van der Waals surface area contributed by atoms with Gasteiger partial charge in [0, 0.05) is 41.4 Å². The van der Waals surface area contributed by atoms with Gasteiger partial charge in [0.05, 0.1) is 23.5 Å². The van der Waals surface area contributed by atoms with Crippen molar-refractivity contribution in [2.75, 3.05) is 22.8 Å². The van der Waals surface area contributed by atoms with Crippen molar-refractivity contribution in [1.29, 1.82) is 0 Å². The third-order valence-corrected chi connectivity index (χ3v) is 7.12. The van der Waals surface area contributed by atoms with Gasteiger partial charge >= 0.3 is 12.1 Å². The first kappa shape index (κ1) is 26.0. The van der Waals surface area contributed by atoms with E-state index in [1.807, 2.05) is 35.0 Å². The molecular weight excluding hydrogens is 535 g/mol. The standard InChI is InChI=1S/C20H17N5O3S2.C2HF3O2/c26-30(27,23-20-22-8-12-29-20)17-5-6-18-19(13-17)28-11-10-25(18)16-3-1-15(2-4-16)24-9-7-21-14-24;3-2(4,5)1(6)7/h1-9,12-14H,10-11H2,(H,22,23);(H,6,7). The Labute approximate surface area is 212 Å². The van der Waals surface area contributed by atoms with E-state index in [4.69, 9.17) is 14.6 Å². The molecule has 194 valence electrons. The predicted octanol–water partition coefficient (Wildman–Crippen LogP) is 4.29. The molecule has 1 aliphatic heterocycles. The van der Waals surface area contributed by atoms with Crippen molar-refractivity contribution in [2.24, 2.45) is 0 Å². The molecule has 2 N–H and O–H groups in total. The summed E-state index contributed by atoms with van der Waals surface area (Å²) in [4.78, 5) is 19.2. The summed E-state index contributed by atoms with van der Waals surface area (Å²) in [5, 5.41) is 9.16. The molecule has 10 nitrogen and oxygen atoms in total. The topological polar surface area (TPSA) is 127 Å². The van der Waals surface area contributed by atoms with Crippen LogP contribution in [-0.4, -0.2) is 53.4 Å². The van der Waals surface area contributed by atoms with Crippen LogP contribution in [0.5, 0.6) is 5.75 Å². The van der Waals surface area contributed by atoms with Gasteiger partial charge in [-0.2, -0.15) is 13.2 Å². The van der Waals surface area contributed by atoms with Gasteiger partial charge in [-0.05, 0) is 36.4 Å². The molecule has 5 rings (SSSR count). The maximum atomic E-state index is 12.7. The number of nitrogens with zero attached hydrogens (tertiary/aromatic N) is 4. The second kappa shape index (κ2) is 10.5. The Morgan fingerprint density at radius 3 is 2.41 bits per heavy atom. The molecule has 0 bridgehead atoms. The van der Waals surface area contributed by atoms with Crippen molar-refractivity contribution in [3.05, 3.63) is 72.8 Å². The molecule has 0 saturated heterocycles. The van der Waals surface area contributed by atoms with Gasteiger partial charge in [0.2, 0.25) is 0 Å². The second-order valence-electron chi connectivity index (χ2n) is 7.36. The Morgan fingerprint density at radius 1 is 1.11 bits per heavy atom. The lowest BCUT2D eigenvalue weighted by molar-refractivity contribution is -0.192. The third-order valence-electron chi connectivity index (χ3n) is 4.97. The Bertz CT molecular complexity index is 1460. The van der Waals surface area contributed by atoms with Gasteiger partial charge in [-0.25, -0.2) is 23.2 Å². The number of aliphatic carboxylic acids is 1. The first-order valence-electron chi connectivity index (χ1n) is 10.4. The molecule has 4 aromatic rings. The first-order valence-corrected chi connectivity index (χ1v) is 12.8. The minimum absolute atomic E-state index is 0.133. The molecule has 0 saturated carbocycles. The van der Waals surface area contributed by atoms with Crippen molar-refractivity contribution in [2.45, 2.75) is 11.1 Å². The average molecular weight is 554 g/mol. The summed E-state index contributed by atoms with van der Waals surface area (Å²) < 4.78 is 67.3. The number of ether oxygens (including phenoxy) is 1. The third kappa shape index (κ3) is 6.18. The Balaban J connectivity index is 0.000000405.